The lowest BCUT2D eigenvalue weighted by atomic mass is 9.95. The second kappa shape index (κ2) is 26.8. The van der Waals surface area contributed by atoms with Crippen molar-refractivity contribution in [3.05, 3.63) is 263 Å². The summed E-state index contributed by atoms with van der Waals surface area (Å²) in [6.45, 7) is 18.9. The SMILES string of the molecule is C=C/C(C)=C(\C=C/C)c1cc(N/C=C/C=C\C=C/c2ccc(-c3ccc(C)cc3)cc2)ccc1C.CC1C=CC=CC1.CC1C=c2c(n(C3=CCCC=C3)c3ccccc23)=CC1.Cc1ccccc1. The van der Waals surface area contributed by atoms with Crippen molar-refractivity contribution in [1.29, 1.82) is 0 Å². The molecule has 6 aromatic rings. The van der Waals surface area contributed by atoms with Crippen LogP contribution in [0.15, 0.2) is 225 Å². The Morgan fingerprint density at radius 2 is 1.41 bits per heavy atom. The predicted molar refractivity (Wildman–Crippen MR) is 306 cm³/mol. The molecule has 0 spiro atoms. The number of hydrogen-bond donors (Lipinski definition) is 1. The lowest BCUT2D eigenvalue weighted by molar-refractivity contribution is 0.737. The van der Waals surface area contributed by atoms with Crippen LogP contribution in [0.3, 0.4) is 0 Å². The molecular weight excluding hydrogens is 833 g/mol. The van der Waals surface area contributed by atoms with Crippen molar-refractivity contribution in [2.24, 2.45) is 11.8 Å². The first-order chi connectivity index (χ1) is 33.6. The van der Waals surface area contributed by atoms with E-state index in [0.29, 0.717) is 5.92 Å². The number of anilines is 1. The van der Waals surface area contributed by atoms with E-state index in [2.05, 4.69) is 240 Å². The molecule has 1 aromatic heterocycles. The highest BCUT2D eigenvalue weighted by Crippen LogP contribution is 2.28. The van der Waals surface area contributed by atoms with Gasteiger partial charge in [0.05, 0.1) is 5.52 Å². The van der Waals surface area contributed by atoms with Crippen molar-refractivity contribution in [2.45, 2.75) is 74.1 Å². The minimum absolute atomic E-state index is 0.637. The van der Waals surface area contributed by atoms with Gasteiger partial charge in [-0.2, -0.15) is 0 Å². The van der Waals surface area contributed by atoms with Gasteiger partial charge in [-0.1, -0.05) is 226 Å². The van der Waals surface area contributed by atoms with E-state index in [9.17, 15) is 0 Å². The van der Waals surface area contributed by atoms with Crippen LogP contribution in [-0.4, -0.2) is 4.57 Å². The fourth-order valence-corrected chi connectivity index (χ4v) is 8.33. The Hall–Kier alpha value is -7.42. The number of aromatic nitrogens is 1. The monoisotopic (exact) mass is 905 g/mol. The second-order valence-corrected chi connectivity index (χ2v) is 18.1. The first kappa shape index (κ1) is 51.0. The average molecular weight is 905 g/mol. The third-order valence-corrected chi connectivity index (χ3v) is 12.3. The molecule has 5 aromatic carbocycles. The van der Waals surface area contributed by atoms with Gasteiger partial charge in [-0.3, -0.25) is 0 Å². The third kappa shape index (κ3) is 15.3. The Labute approximate surface area is 414 Å². The minimum atomic E-state index is 0.637. The zero-order chi connectivity index (χ0) is 48.8. The molecule has 2 atom stereocenters. The number of benzene rings is 5. The fraction of sp³-hybridized carbons (Fsp3) is 0.194. The van der Waals surface area contributed by atoms with E-state index in [1.54, 1.807) is 0 Å². The number of nitrogens with zero attached hydrogens (tertiary/aromatic N) is 1. The number of aryl methyl sites for hydroxylation is 3. The quantitative estimate of drug-likeness (QED) is 0.136. The summed E-state index contributed by atoms with van der Waals surface area (Å²) < 4.78 is 2.43. The van der Waals surface area contributed by atoms with Crippen LogP contribution in [0.1, 0.15) is 81.2 Å². The summed E-state index contributed by atoms with van der Waals surface area (Å²) in [6.07, 6.45) is 43.3. The Kier molecular flexibility index (Phi) is 19.8. The summed E-state index contributed by atoms with van der Waals surface area (Å²) >= 11 is 0. The standard InChI is InChI=1S/C34H35N.C19H19N.C7H10.C7H8/c1-6-12-33(27(4)7-2)34-25-32(23-16-28(34)5)35-24-11-9-8-10-13-29-17-21-31(22-18-29)30-19-14-26(3)15-20-30;1-14-11-12-19-17(13-14)16-9-5-6-10-18(16)20(19)15-7-3-2-4-8-15;2*1-7-5-3-2-4-6-7/h6-25,35H,2H2,1,3-5H3;3,5-10,12-14H,2,4,11H2,1H3;2-5,7H,6H2,1H3;2-6H,1H3/b9-8-,12-6-,13-10-,24-11+,33-27+;;;. The molecule has 9 rings (SSSR count). The first-order valence-electron chi connectivity index (χ1n) is 24.7. The van der Waals surface area contributed by atoms with Crippen molar-refractivity contribution in [1.82, 2.24) is 4.57 Å². The molecule has 0 bridgehead atoms. The summed E-state index contributed by atoms with van der Waals surface area (Å²) in [5.41, 5.74) is 14.8. The van der Waals surface area contributed by atoms with E-state index in [1.165, 1.54) is 83.7 Å². The summed E-state index contributed by atoms with van der Waals surface area (Å²) in [5.74, 6) is 1.41. The molecule has 3 aliphatic carbocycles. The van der Waals surface area contributed by atoms with Crippen LogP contribution in [-0.2, 0) is 0 Å². The Morgan fingerprint density at radius 3 is 2.04 bits per heavy atom. The van der Waals surface area contributed by atoms with Gasteiger partial charge in [-0.15, -0.1) is 0 Å². The highest BCUT2D eigenvalue weighted by Gasteiger charge is 2.14. The smallest absolute Gasteiger partial charge is 0.0540 e. The van der Waals surface area contributed by atoms with Gasteiger partial charge < -0.3 is 9.88 Å². The van der Waals surface area contributed by atoms with Gasteiger partial charge in [0.1, 0.15) is 0 Å². The van der Waals surface area contributed by atoms with E-state index in [0.717, 1.165) is 30.9 Å². The van der Waals surface area contributed by atoms with Gasteiger partial charge >= 0.3 is 0 Å². The van der Waals surface area contributed by atoms with E-state index in [4.69, 9.17) is 0 Å². The van der Waals surface area contributed by atoms with Crippen molar-refractivity contribution in [3.8, 4) is 11.1 Å². The molecule has 350 valence electrons. The Morgan fingerprint density at radius 1 is 0.696 bits per heavy atom. The maximum absolute atomic E-state index is 3.93. The molecule has 0 saturated heterocycles. The van der Waals surface area contributed by atoms with E-state index < -0.39 is 0 Å². The van der Waals surface area contributed by atoms with Crippen LogP contribution in [0.4, 0.5) is 5.69 Å². The van der Waals surface area contributed by atoms with E-state index in [1.807, 2.05) is 55.6 Å². The number of rotatable bonds is 10. The number of para-hydroxylation sites is 1. The summed E-state index contributed by atoms with van der Waals surface area (Å²) in [7, 11) is 0. The summed E-state index contributed by atoms with van der Waals surface area (Å²) in [4.78, 5) is 0. The van der Waals surface area contributed by atoms with Crippen molar-refractivity contribution in [2.75, 3.05) is 5.32 Å². The molecule has 0 radical (unpaired) electrons. The highest BCUT2D eigenvalue weighted by atomic mass is 15.0. The summed E-state index contributed by atoms with van der Waals surface area (Å²) in [6, 6.07) is 42.7. The Bertz CT molecular complexity index is 3020. The molecule has 0 aliphatic heterocycles. The maximum Gasteiger partial charge on any atom is 0.0540 e. The van der Waals surface area contributed by atoms with Gasteiger partial charge in [0.2, 0.25) is 0 Å². The molecular formula is C67H72N2. The van der Waals surface area contributed by atoms with E-state index in [-0.39, 0.29) is 0 Å². The average Bonchev–Trinajstić information content (AvgIpc) is 3.71. The number of allylic oxidation sites excluding steroid dienone is 17. The lowest BCUT2D eigenvalue weighted by Gasteiger charge is -2.12. The third-order valence-electron chi connectivity index (χ3n) is 12.3. The number of nitrogens with one attached hydrogen (secondary N) is 1. The molecule has 69 heavy (non-hydrogen) atoms. The fourth-order valence-electron chi connectivity index (χ4n) is 8.33. The second-order valence-electron chi connectivity index (χ2n) is 18.1. The van der Waals surface area contributed by atoms with Gasteiger partial charge in [-0.05, 0) is 141 Å². The first-order valence-corrected chi connectivity index (χ1v) is 24.7. The molecule has 0 saturated carbocycles. The van der Waals surface area contributed by atoms with Gasteiger partial charge in [0.15, 0.2) is 0 Å². The largest absolute Gasteiger partial charge is 0.362 e. The summed E-state index contributed by atoms with van der Waals surface area (Å²) in [5, 5.41) is 7.54. The van der Waals surface area contributed by atoms with Crippen LogP contribution < -0.4 is 15.9 Å². The molecule has 2 heteroatoms. The van der Waals surface area contributed by atoms with Crippen LogP contribution in [0, 0.1) is 32.6 Å². The molecule has 2 unspecified atom stereocenters. The van der Waals surface area contributed by atoms with Gasteiger partial charge in [0, 0.05) is 33.5 Å². The van der Waals surface area contributed by atoms with Gasteiger partial charge in [0.25, 0.3) is 0 Å². The van der Waals surface area contributed by atoms with Gasteiger partial charge in [-0.25, -0.2) is 0 Å². The van der Waals surface area contributed by atoms with E-state index >= 15 is 0 Å². The molecule has 1 N–H and O–H groups in total. The van der Waals surface area contributed by atoms with Crippen LogP contribution in [0.5, 0.6) is 0 Å². The molecule has 0 amide bonds. The van der Waals surface area contributed by atoms with Crippen LogP contribution in [0.2, 0.25) is 0 Å². The highest BCUT2D eigenvalue weighted by molar-refractivity contribution is 5.87. The minimum Gasteiger partial charge on any atom is -0.362 e. The predicted octanol–water partition coefficient (Wildman–Crippen LogP) is 17.3. The number of fused-ring (bicyclic) bond motifs is 3. The molecule has 2 nitrogen and oxygen atoms in total. The topological polar surface area (TPSA) is 17.0 Å². The lowest BCUT2D eigenvalue weighted by Crippen LogP contribution is -2.32. The van der Waals surface area contributed by atoms with Crippen LogP contribution in [0.25, 0.3) is 51.5 Å². The zero-order valence-electron chi connectivity index (χ0n) is 42.1. The van der Waals surface area contributed by atoms with Crippen molar-refractivity contribution < 1.29 is 0 Å². The molecule has 0 fully saturated rings. The zero-order valence-corrected chi connectivity index (χ0v) is 42.1. The molecule has 1 heterocycles. The van der Waals surface area contributed by atoms with Crippen molar-refractivity contribution in [3.63, 3.8) is 0 Å². The maximum atomic E-state index is 3.93. The van der Waals surface area contributed by atoms with Crippen LogP contribution >= 0.6 is 0 Å². The normalized spacial score (nSPS) is 16.3. The number of hydrogen-bond acceptors (Lipinski definition) is 1. The Balaban J connectivity index is 0.000000189. The molecule has 3 aliphatic rings. The van der Waals surface area contributed by atoms with Crippen molar-refractivity contribution >= 4 is 46.1 Å².